The smallest absolute Gasteiger partial charge is 0.178 e. The molecule has 0 spiro atoms. The molecule has 6 nitrogen and oxygen atoms in total. The fourth-order valence-corrected chi connectivity index (χ4v) is 1.87. The maximum absolute atomic E-state index is 9.06. The van der Waals surface area contributed by atoms with Gasteiger partial charge in [0.2, 0.25) is 0 Å². The van der Waals surface area contributed by atoms with Crippen LogP contribution in [-0.2, 0) is 0 Å². The molecule has 0 aliphatic heterocycles. The number of nitrogens with zero attached hydrogens (tertiary/aromatic N) is 4. The number of rotatable bonds is 5. The van der Waals surface area contributed by atoms with Crippen LogP contribution in [0.2, 0.25) is 0 Å². The number of hydrogen-bond acceptors (Lipinski definition) is 5. The van der Waals surface area contributed by atoms with E-state index in [1.165, 1.54) is 0 Å². The summed E-state index contributed by atoms with van der Waals surface area (Å²) in [6.45, 7) is 6.28. The van der Waals surface area contributed by atoms with Crippen molar-refractivity contribution in [2.24, 2.45) is 5.92 Å². The molecule has 98 valence electrons. The minimum absolute atomic E-state index is 0.170. The third kappa shape index (κ3) is 2.59. The monoisotopic (exact) mass is 249 g/mol. The number of hydrogen-bond donors (Lipinski definition) is 2. The van der Waals surface area contributed by atoms with E-state index in [1.54, 1.807) is 4.52 Å². The summed E-state index contributed by atoms with van der Waals surface area (Å²) in [5.41, 5.74) is 0.737. The molecule has 0 aliphatic rings. The highest BCUT2D eigenvalue weighted by Gasteiger charge is 2.13. The van der Waals surface area contributed by atoms with Crippen LogP contribution in [0, 0.1) is 12.8 Å². The van der Waals surface area contributed by atoms with Gasteiger partial charge < -0.3 is 10.4 Å². The van der Waals surface area contributed by atoms with E-state index in [4.69, 9.17) is 5.11 Å². The summed E-state index contributed by atoms with van der Waals surface area (Å²) in [5, 5.41) is 24.8. The highest BCUT2D eigenvalue weighted by molar-refractivity contribution is 5.44. The lowest BCUT2D eigenvalue weighted by Gasteiger charge is -2.21. The third-order valence-electron chi connectivity index (χ3n) is 3.00. The first-order valence-corrected chi connectivity index (χ1v) is 6.18. The fourth-order valence-electron chi connectivity index (χ4n) is 1.87. The van der Waals surface area contributed by atoms with Gasteiger partial charge in [0.05, 0.1) is 0 Å². The zero-order valence-corrected chi connectivity index (χ0v) is 11.0. The van der Waals surface area contributed by atoms with E-state index in [9.17, 15) is 0 Å². The third-order valence-corrected chi connectivity index (χ3v) is 3.00. The van der Waals surface area contributed by atoms with Crippen LogP contribution in [-0.4, -0.2) is 37.6 Å². The molecule has 0 unspecified atom stereocenters. The predicted molar refractivity (Wildman–Crippen MR) is 69.5 cm³/mol. The Bertz CT molecular complexity index is 522. The van der Waals surface area contributed by atoms with E-state index in [-0.39, 0.29) is 12.6 Å². The topological polar surface area (TPSA) is 75.3 Å². The molecule has 0 amide bonds. The number of anilines is 1. The summed E-state index contributed by atoms with van der Waals surface area (Å²) in [7, 11) is 0. The van der Waals surface area contributed by atoms with Gasteiger partial charge in [0.1, 0.15) is 5.82 Å². The SMILES string of the molecule is Cc1nnc2ccc(N[C@@H](CCO)C(C)C)nn12. The van der Waals surface area contributed by atoms with Gasteiger partial charge >= 0.3 is 0 Å². The molecule has 2 heterocycles. The Kier molecular flexibility index (Phi) is 3.76. The first-order valence-electron chi connectivity index (χ1n) is 6.18. The highest BCUT2D eigenvalue weighted by Crippen LogP contribution is 2.14. The molecule has 18 heavy (non-hydrogen) atoms. The molecule has 2 aromatic rings. The molecule has 6 heteroatoms. The van der Waals surface area contributed by atoms with Crippen LogP contribution in [0.1, 0.15) is 26.1 Å². The molecule has 1 atom stereocenters. The minimum atomic E-state index is 0.170. The quantitative estimate of drug-likeness (QED) is 0.834. The van der Waals surface area contributed by atoms with Crippen LogP contribution < -0.4 is 5.32 Å². The molecule has 2 rings (SSSR count). The normalized spacial score (nSPS) is 13.2. The summed E-state index contributed by atoms with van der Waals surface area (Å²) >= 11 is 0. The first kappa shape index (κ1) is 12.8. The number of nitrogens with one attached hydrogen (secondary N) is 1. The Morgan fingerprint density at radius 3 is 2.78 bits per heavy atom. The van der Waals surface area contributed by atoms with E-state index in [0.717, 1.165) is 17.3 Å². The summed E-state index contributed by atoms with van der Waals surface area (Å²) < 4.78 is 1.71. The first-order chi connectivity index (χ1) is 8.61. The Labute approximate surface area is 106 Å². The lowest BCUT2D eigenvalue weighted by atomic mass is 10.0. The van der Waals surface area contributed by atoms with Gasteiger partial charge in [-0.15, -0.1) is 15.3 Å². The summed E-state index contributed by atoms with van der Waals surface area (Å²) in [5.74, 6) is 1.96. The van der Waals surface area contributed by atoms with Gasteiger partial charge in [0, 0.05) is 12.6 Å². The largest absolute Gasteiger partial charge is 0.396 e. The number of aliphatic hydroxyl groups is 1. The van der Waals surface area contributed by atoms with Crippen molar-refractivity contribution in [3.8, 4) is 0 Å². The second-order valence-electron chi connectivity index (χ2n) is 4.74. The van der Waals surface area contributed by atoms with Crippen LogP contribution in [0.15, 0.2) is 12.1 Å². The van der Waals surface area contributed by atoms with Crippen molar-refractivity contribution in [1.82, 2.24) is 19.8 Å². The van der Waals surface area contributed by atoms with Gasteiger partial charge in [-0.1, -0.05) is 13.8 Å². The molecule has 0 bridgehead atoms. The molecule has 2 aromatic heterocycles. The molecule has 0 aliphatic carbocycles. The standard InChI is InChI=1S/C12H19N5O/c1-8(2)10(6-7-18)13-11-4-5-12-15-14-9(3)17(12)16-11/h4-5,8,10,18H,6-7H2,1-3H3,(H,13,16)/t10-/m0/s1. The highest BCUT2D eigenvalue weighted by atomic mass is 16.3. The zero-order chi connectivity index (χ0) is 13.1. The summed E-state index contributed by atoms with van der Waals surface area (Å²) in [6.07, 6.45) is 0.707. The lowest BCUT2D eigenvalue weighted by molar-refractivity contribution is 0.267. The van der Waals surface area contributed by atoms with Crippen molar-refractivity contribution in [2.45, 2.75) is 33.2 Å². The van der Waals surface area contributed by atoms with Gasteiger partial charge in [-0.05, 0) is 31.4 Å². The van der Waals surface area contributed by atoms with E-state index in [2.05, 4.69) is 34.5 Å². The molecule has 0 saturated carbocycles. The van der Waals surface area contributed by atoms with Crippen molar-refractivity contribution >= 4 is 11.5 Å². The van der Waals surface area contributed by atoms with E-state index >= 15 is 0 Å². The Balaban J connectivity index is 2.22. The maximum atomic E-state index is 9.06. The molecular formula is C12H19N5O. The van der Waals surface area contributed by atoms with Gasteiger partial charge in [-0.25, -0.2) is 0 Å². The Morgan fingerprint density at radius 1 is 1.33 bits per heavy atom. The van der Waals surface area contributed by atoms with E-state index < -0.39 is 0 Å². The van der Waals surface area contributed by atoms with Gasteiger partial charge in [-0.2, -0.15) is 4.52 Å². The number of fused-ring (bicyclic) bond motifs is 1. The van der Waals surface area contributed by atoms with Crippen molar-refractivity contribution in [3.05, 3.63) is 18.0 Å². The van der Waals surface area contributed by atoms with Crippen LogP contribution in [0.3, 0.4) is 0 Å². The average Bonchev–Trinajstić information content (AvgIpc) is 2.70. The number of aliphatic hydroxyl groups excluding tert-OH is 1. The number of aromatic nitrogens is 4. The van der Waals surface area contributed by atoms with E-state index in [0.29, 0.717) is 12.3 Å². The maximum Gasteiger partial charge on any atom is 0.178 e. The zero-order valence-electron chi connectivity index (χ0n) is 11.0. The fraction of sp³-hybridized carbons (Fsp3) is 0.583. The average molecular weight is 249 g/mol. The van der Waals surface area contributed by atoms with Crippen LogP contribution in [0.4, 0.5) is 5.82 Å². The molecule has 0 saturated heterocycles. The molecule has 0 aromatic carbocycles. The number of aryl methyl sites for hydroxylation is 1. The van der Waals surface area contributed by atoms with Crippen LogP contribution >= 0.6 is 0 Å². The molecular weight excluding hydrogens is 230 g/mol. The predicted octanol–water partition coefficient (Wildman–Crippen LogP) is 1.25. The minimum Gasteiger partial charge on any atom is -0.396 e. The second kappa shape index (κ2) is 5.30. The summed E-state index contributed by atoms with van der Waals surface area (Å²) in [6, 6.07) is 3.97. The van der Waals surface area contributed by atoms with Crippen molar-refractivity contribution < 1.29 is 5.11 Å². The Morgan fingerprint density at radius 2 is 2.11 bits per heavy atom. The molecule has 0 fully saturated rings. The van der Waals surface area contributed by atoms with Gasteiger partial charge in [0.25, 0.3) is 0 Å². The summed E-state index contributed by atoms with van der Waals surface area (Å²) in [4.78, 5) is 0. The molecule has 0 radical (unpaired) electrons. The molecule has 2 N–H and O–H groups in total. The second-order valence-corrected chi connectivity index (χ2v) is 4.74. The van der Waals surface area contributed by atoms with Crippen molar-refractivity contribution in [1.29, 1.82) is 0 Å². The van der Waals surface area contributed by atoms with Crippen LogP contribution in [0.5, 0.6) is 0 Å². The Hall–Kier alpha value is -1.69. The van der Waals surface area contributed by atoms with E-state index in [1.807, 2.05) is 19.1 Å². The van der Waals surface area contributed by atoms with Crippen LogP contribution in [0.25, 0.3) is 5.65 Å². The van der Waals surface area contributed by atoms with Crippen molar-refractivity contribution in [3.63, 3.8) is 0 Å². The van der Waals surface area contributed by atoms with Gasteiger partial charge in [-0.3, -0.25) is 0 Å². The lowest BCUT2D eigenvalue weighted by Crippen LogP contribution is -2.27. The van der Waals surface area contributed by atoms with Gasteiger partial charge in [0.15, 0.2) is 11.5 Å². The van der Waals surface area contributed by atoms with Crippen molar-refractivity contribution in [2.75, 3.05) is 11.9 Å².